The molecule has 0 bridgehead atoms. The van der Waals surface area contributed by atoms with Crippen molar-refractivity contribution in [3.05, 3.63) is 58.1 Å². The largest absolute Gasteiger partial charge is 0.496 e. The Hall–Kier alpha value is -1.48. The molecule has 0 fully saturated rings. The Kier molecular flexibility index (Phi) is 5.07. The summed E-state index contributed by atoms with van der Waals surface area (Å²) in [5.74, 6) is 2.24. The summed E-state index contributed by atoms with van der Waals surface area (Å²) in [6, 6.07) is 14.2. The number of methoxy groups -OCH3 is 1. The van der Waals surface area contributed by atoms with Gasteiger partial charge >= 0.3 is 0 Å². The number of rotatable bonds is 5. The highest BCUT2D eigenvalue weighted by Crippen LogP contribution is 2.26. The normalized spacial score (nSPS) is 10.7. The topological polar surface area (TPSA) is 18.5 Å². The summed E-state index contributed by atoms with van der Waals surface area (Å²) in [7, 11) is 1.66. The van der Waals surface area contributed by atoms with Crippen LogP contribution in [0, 0.1) is 0 Å². The van der Waals surface area contributed by atoms with Crippen LogP contribution in [-0.4, -0.2) is 7.11 Å². The third-order valence-corrected chi connectivity index (χ3v) is 3.77. The van der Waals surface area contributed by atoms with Gasteiger partial charge in [-0.1, -0.05) is 32.0 Å². The molecule has 0 saturated carbocycles. The molecule has 20 heavy (non-hydrogen) atoms. The highest BCUT2D eigenvalue weighted by atomic mass is 79.9. The molecule has 0 aliphatic heterocycles. The van der Waals surface area contributed by atoms with E-state index in [1.54, 1.807) is 7.11 Å². The minimum Gasteiger partial charge on any atom is -0.496 e. The summed E-state index contributed by atoms with van der Waals surface area (Å²) in [4.78, 5) is 0. The second-order valence-electron chi connectivity index (χ2n) is 4.98. The molecule has 106 valence electrons. The zero-order valence-corrected chi connectivity index (χ0v) is 13.6. The van der Waals surface area contributed by atoms with E-state index < -0.39 is 0 Å². The number of hydrogen-bond acceptors (Lipinski definition) is 2. The SMILES string of the molecule is COc1ccc(COc2cccc(C(C)C)c2)cc1Br. The van der Waals surface area contributed by atoms with Crippen LogP contribution in [0.2, 0.25) is 0 Å². The van der Waals surface area contributed by atoms with Crippen LogP contribution in [0.3, 0.4) is 0 Å². The first-order valence-corrected chi connectivity index (χ1v) is 7.44. The van der Waals surface area contributed by atoms with Crippen molar-refractivity contribution in [3.63, 3.8) is 0 Å². The van der Waals surface area contributed by atoms with Crippen molar-refractivity contribution < 1.29 is 9.47 Å². The first-order chi connectivity index (χ1) is 9.60. The molecule has 0 amide bonds. The predicted octanol–water partition coefficient (Wildman–Crippen LogP) is 5.16. The molecule has 0 spiro atoms. The van der Waals surface area contributed by atoms with Crippen molar-refractivity contribution in [1.82, 2.24) is 0 Å². The Balaban J connectivity index is 2.05. The van der Waals surface area contributed by atoms with Gasteiger partial charge in [0.2, 0.25) is 0 Å². The lowest BCUT2D eigenvalue weighted by atomic mass is 10.0. The molecule has 0 atom stereocenters. The lowest BCUT2D eigenvalue weighted by Crippen LogP contribution is -1.97. The minimum atomic E-state index is 0.508. The van der Waals surface area contributed by atoms with Gasteiger partial charge in [-0.25, -0.2) is 0 Å². The van der Waals surface area contributed by atoms with Crippen molar-refractivity contribution in [2.45, 2.75) is 26.4 Å². The second kappa shape index (κ2) is 6.80. The average Bonchev–Trinajstić information content (AvgIpc) is 2.45. The molecular formula is C17H19BrO2. The fourth-order valence-electron chi connectivity index (χ4n) is 1.93. The molecule has 0 N–H and O–H groups in total. The number of hydrogen-bond donors (Lipinski definition) is 0. The van der Waals surface area contributed by atoms with E-state index in [-0.39, 0.29) is 0 Å². The molecule has 2 aromatic carbocycles. The molecular weight excluding hydrogens is 316 g/mol. The molecule has 2 nitrogen and oxygen atoms in total. The first-order valence-electron chi connectivity index (χ1n) is 6.65. The van der Waals surface area contributed by atoms with Crippen LogP contribution in [0.25, 0.3) is 0 Å². The quantitative estimate of drug-likeness (QED) is 0.751. The van der Waals surface area contributed by atoms with Gasteiger partial charge in [-0.2, -0.15) is 0 Å². The maximum absolute atomic E-state index is 5.85. The van der Waals surface area contributed by atoms with Crippen molar-refractivity contribution in [1.29, 1.82) is 0 Å². The standard InChI is InChI=1S/C17H19BrO2/c1-12(2)14-5-4-6-15(10-14)20-11-13-7-8-17(19-3)16(18)9-13/h4-10,12H,11H2,1-3H3. The van der Waals surface area contributed by atoms with Crippen LogP contribution in [-0.2, 0) is 6.61 Å². The molecule has 0 aliphatic carbocycles. The van der Waals surface area contributed by atoms with Gasteiger partial charge in [0, 0.05) is 0 Å². The van der Waals surface area contributed by atoms with Crippen LogP contribution in [0.1, 0.15) is 30.9 Å². The van der Waals surface area contributed by atoms with Gasteiger partial charge < -0.3 is 9.47 Å². The van der Waals surface area contributed by atoms with E-state index in [1.807, 2.05) is 30.3 Å². The molecule has 0 heterocycles. The summed E-state index contributed by atoms with van der Waals surface area (Å²) in [6.45, 7) is 4.91. The van der Waals surface area contributed by atoms with E-state index in [2.05, 4.69) is 41.9 Å². The fourth-order valence-corrected chi connectivity index (χ4v) is 2.52. The Labute approximate surface area is 128 Å². The molecule has 0 aliphatic rings. The first kappa shape index (κ1) is 14.9. The van der Waals surface area contributed by atoms with Crippen molar-refractivity contribution >= 4 is 15.9 Å². The van der Waals surface area contributed by atoms with Gasteiger partial charge in [0.15, 0.2) is 0 Å². The number of ether oxygens (including phenoxy) is 2. The van der Waals surface area contributed by atoms with E-state index in [9.17, 15) is 0 Å². The summed E-state index contributed by atoms with van der Waals surface area (Å²) in [5.41, 5.74) is 2.39. The van der Waals surface area contributed by atoms with Crippen molar-refractivity contribution in [3.8, 4) is 11.5 Å². The second-order valence-corrected chi connectivity index (χ2v) is 5.84. The molecule has 0 unspecified atom stereocenters. The lowest BCUT2D eigenvalue weighted by Gasteiger charge is -2.11. The summed E-state index contributed by atoms with van der Waals surface area (Å²) in [5, 5.41) is 0. The monoisotopic (exact) mass is 334 g/mol. The maximum atomic E-state index is 5.85. The molecule has 0 aromatic heterocycles. The Morgan fingerprint density at radius 3 is 2.55 bits per heavy atom. The van der Waals surface area contributed by atoms with Crippen LogP contribution in [0.5, 0.6) is 11.5 Å². The molecule has 3 heteroatoms. The van der Waals surface area contributed by atoms with E-state index in [1.165, 1.54) is 5.56 Å². The van der Waals surface area contributed by atoms with Gasteiger partial charge in [0.1, 0.15) is 18.1 Å². The van der Waals surface area contributed by atoms with Crippen molar-refractivity contribution in [2.24, 2.45) is 0 Å². The minimum absolute atomic E-state index is 0.508. The van der Waals surface area contributed by atoms with Gasteiger partial charge in [0.05, 0.1) is 11.6 Å². The lowest BCUT2D eigenvalue weighted by molar-refractivity contribution is 0.305. The highest BCUT2D eigenvalue weighted by Gasteiger charge is 2.04. The predicted molar refractivity (Wildman–Crippen MR) is 85.6 cm³/mol. The summed E-state index contributed by atoms with van der Waals surface area (Å²) >= 11 is 3.48. The molecule has 0 saturated heterocycles. The zero-order chi connectivity index (χ0) is 14.5. The van der Waals surface area contributed by atoms with Gasteiger partial charge in [-0.15, -0.1) is 0 Å². The van der Waals surface area contributed by atoms with Crippen LogP contribution in [0.4, 0.5) is 0 Å². The highest BCUT2D eigenvalue weighted by molar-refractivity contribution is 9.10. The third-order valence-electron chi connectivity index (χ3n) is 3.15. The third kappa shape index (κ3) is 3.76. The van der Waals surface area contributed by atoms with Crippen LogP contribution < -0.4 is 9.47 Å². The Morgan fingerprint density at radius 1 is 1.10 bits per heavy atom. The number of halogens is 1. The molecule has 0 radical (unpaired) electrons. The van der Waals surface area contributed by atoms with Crippen LogP contribution in [0.15, 0.2) is 46.9 Å². The average molecular weight is 335 g/mol. The fraction of sp³-hybridized carbons (Fsp3) is 0.294. The van der Waals surface area contributed by atoms with Crippen LogP contribution >= 0.6 is 15.9 Å². The van der Waals surface area contributed by atoms with E-state index >= 15 is 0 Å². The summed E-state index contributed by atoms with van der Waals surface area (Å²) < 4.78 is 12.0. The van der Waals surface area contributed by atoms with Gasteiger partial charge in [-0.3, -0.25) is 0 Å². The van der Waals surface area contributed by atoms with Gasteiger partial charge in [-0.05, 0) is 57.2 Å². The smallest absolute Gasteiger partial charge is 0.133 e. The Bertz CT molecular complexity index is 579. The van der Waals surface area contributed by atoms with Gasteiger partial charge in [0.25, 0.3) is 0 Å². The number of benzene rings is 2. The molecule has 2 rings (SSSR count). The Morgan fingerprint density at radius 2 is 1.90 bits per heavy atom. The van der Waals surface area contributed by atoms with E-state index in [0.29, 0.717) is 12.5 Å². The van der Waals surface area contributed by atoms with E-state index in [4.69, 9.17) is 9.47 Å². The molecule has 2 aromatic rings. The van der Waals surface area contributed by atoms with E-state index in [0.717, 1.165) is 21.5 Å². The van der Waals surface area contributed by atoms with Crippen molar-refractivity contribution in [2.75, 3.05) is 7.11 Å². The maximum Gasteiger partial charge on any atom is 0.133 e. The zero-order valence-electron chi connectivity index (χ0n) is 12.0. The summed E-state index contributed by atoms with van der Waals surface area (Å²) in [6.07, 6.45) is 0.